The van der Waals surface area contributed by atoms with Crippen LogP contribution in [0.2, 0.25) is 0 Å². The second-order valence-electron chi connectivity index (χ2n) is 7.51. The Morgan fingerprint density at radius 3 is 2.20 bits per heavy atom. The van der Waals surface area contributed by atoms with E-state index in [-0.39, 0.29) is 12.8 Å². The van der Waals surface area contributed by atoms with E-state index in [1.165, 1.54) is 34.7 Å². The van der Waals surface area contributed by atoms with Crippen LogP contribution >= 0.6 is 0 Å². The molecule has 1 atom stereocenters. The van der Waals surface area contributed by atoms with Crippen molar-refractivity contribution >= 4 is 17.5 Å². The molecule has 0 bridgehead atoms. The van der Waals surface area contributed by atoms with Gasteiger partial charge in [-0.3, -0.25) is 9.59 Å². The molecule has 0 radical (unpaired) electrons. The predicted molar refractivity (Wildman–Crippen MR) is 129 cm³/mol. The highest BCUT2D eigenvalue weighted by molar-refractivity contribution is 5.97. The van der Waals surface area contributed by atoms with Gasteiger partial charge in [-0.15, -0.1) is 0 Å². The van der Waals surface area contributed by atoms with Crippen LogP contribution in [-0.2, 0) is 9.59 Å². The molecule has 0 aliphatic carbocycles. The minimum absolute atomic E-state index is 0.00456. The van der Waals surface area contributed by atoms with Crippen LogP contribution in [0.15, 0.2) is 41.1 Å². The first-order valence-corrected chi connectivity index (χ1v) is 10.6. The number of hydrogen-bond acceptors (Lipinski definition) is 9. The lowest BCUT2D eigenvalue weighted by molar-refractivity contribution is -0.119. The highest BCUT2D eigenvalue weighted by Crippen LogP contribution is 2.43. The standard InChI is InChI=1S/C24H28N4O7/c1-31-18-7-5-13(9-17(18)27-24(30)16(25)6-8-21(26)29)15-12-35-28-22(15)14-10-19(32-2)23(34-4)20(11-14)33-3/h5,7,9-12,16H,6,8,25H2,1-4H3,(H2,26,29)(H,27,30). The average molecular weight is 485 g/mol. The Bertz CT molecular complexity index is 1180. The quantitative estimate of drug-likeness (QED) is 0.371. The van der Waals surface area contributed by atoms with E-state index in [1.54, 1.807) is 30.3 Å². The van der Waals surface area contributed by atoms with Gasteiger partial charge in [-0.2, -0.15) is 0 Å². The molecule has 3 aromatic rings. The van der Waals surface area contributed by atoms with Crippen molar-refractivity contribution in [3.63, 3.8) is 0 Å². The third-order valence-electron chi connectivity index (χ3n) is 5.31. The predicted octanol–water partition coefficient (Wildman–Crippen LogP) is 2.57. The molecule has 0 aliphatic heterocycles. The summed E-state index contributed by atoms with van der Waals surface area (Å²) in [5.41, 5.74) is 14.0. The van der Waals surface area contributed by atoms with Gasteiger partial charge in [0.25, 0.3) is 0 Å². The van der Waals surface area contributed by atoms with Gasteiger partial charge >= 0.3 is 0 Å². The van der Waals surface area contributed by atoms with Crippen LogP contribution in [0, 0.1) is 0 Å². The summed E-state index contributed by atoms with van der Waals surface area (Å²) in [6.07, 6.45) is 1.62. The van der Waals surface area contributed by atoms with Gasteiger partial charge in [0.15, 0.2) is 11.5 Å². The number of benzene rings is 2. The number of anilines is 1. The number of carbonyl (C=O) groups excluding carboxylic acids is 2. The zero-order chi connectivity index (χ0) is 25.5. The fourth-order valence-corrected chi connectivity index (χ4v) is 3.50. The van der Waals surface area contributed by atoms with Crippen LogP contribution in [0.3, 0.4) is 0 Å². The van der Waals surface area contributed by atoms with Crippen LogP contribution in [0.4, 0.5) is 5.69 Å². The molecule has 0 fully saturated rings. The van der Waals surface area contributed by atoms with Crippen LogP contribution in [0.5, 0.6) is 23.0 Å². The second-order valence-corrected chi connectivity index (χ2v) is 7.51. The molecule has 1 aromatic heterocycles. The molecule has 35 heavy (non-hydrogen) atoms. The first kappa shape index (κ1) is 25.4. The second kappa shape index (κ2) is 11.3. The van der Waals surface area contributed by atoms with Crippen molar-refractivity contribution in [2.24, 2.45) is 11.5 Å². The van der Waals surface area contributed by atoms with Crippen molar-refractivity contribution in [1.82, 2.24) is 5.16 Å². The number of amides is 2. The summed E-state index contributed by atoms with van der Waals surface area (Å²) in [7, 11) is 6.06. The molecule has 5 N–H and O–H groups in total. The SMILES string of the molecule is COc1ccc(-c2conc2-c2cc(OC)c(OC)c(OC)c2)cc1NC(=O)C(N)CCC(N)=O. The Morgan fingerprint density at radius 1 is 0.971 bits per heavy atom. The normalized spacial score (nSPS) is 11.5. The highest BCUT2D eigenvalue weighted by Gasteiger charge is 2.21. The van der Waals surface area contributed by atoms with E-state index in [1.807, 2.05) is 0 Å². The summed E-state index contributed by atoms with van der Waals surface area (Å²) < 4.78 is 26.9. The molecule has 186 valence electrons. The molecule has 11 nitrogen and oxygen atoms in total. The number of nitrogens with one attached hydrogen (secondary N) is 1. The molecule has 0 saturated carbocycles. The Balaban J connectivity index is 1.98. The summed E-state index contributed by atoms with van der Waals surface area (Å²) >= 11 is 0. The Labute approximate surface area is 202 Å². The van der Waals surface area contributed by atoms with Gasteiger partial charge in [-0.1, -0.05) is 11.2 Å². The van der Waals surface area contributed by atoms with E-state index < -0.39 is 17.9 Å². The number of nitrogens with zero attached hydrogens (tertiary/aromatic N) is 1. The monoisotopic (exact) mass is 484 g/mol. The Hall–Kier alpha value is -4.25. The Kier molecular flexibility index (Phi) is 8.16. The number of aromatic nitrogens is 1. The summed E-state index contributed by atoms with van der Waals surface area (Å²) in [6, 6.07) is 7.81. The fourth-order valence-electron chi connectivity index (χ4n) is 3.50. The van der Waals surface area contributed by atoms with Crippen molar-refractivity contribution in [2.75, 3.05) is 33.8 Å². The highest BCUT2D eigenvalue weighted by atomic mass is 16.5. The number of methoxy groups -OCH3 is 4. The lowest BCUT2D eigenvalue weighted by atomic mass is 10.00. The van der Waals surface area contributed by atoms with Crippen LogP contribution in [0.1, 0.15) is 12.8 Å². The van der Waals surface area contributed by atoms with E-state index >= 15 is 0 Å². The average Bonchev–Trinajstić information content (AvgIpc) is 3.36. The van der Waals surface area contributed by atoms with Gasteiger partial charge in [0.05, 0.1) is 40.2 Å². The van der Waals surface area contributed by atoms with Crippen molar-refractivity contribution < 1.29 is 33.1 Å². The first-order chi connectivity index (χ1) is 16.8. The third-order valence-corrected chi connectivity index (χ3v) is 5.31. The molecular formula is C24H28N4O7. The first-order valence-electron chi connectivity index (χ1n) is 10.6. The number of rotatable bonds is 11. The van der Waals surface area contributed by atoms with Crippen molar-refractivity contribution in [3.8, 4) is 45.4 Å². The van der Waals surface area contributed by atoms with E-state index in [0.29, 0.717) is 51.1 Å². The lowest BCUT2D eigenvalue weighted by Gasteiger charge is -2.15. The molecule has 2 aromatic carbocycles. The third kappa shape index (κ3) is 5.64. The molecule has 2 amide bonds. The summed E-state index contributed by atoms with van der Waals surface area (Å²) in [5.74, 6) is 0.796. The maximum Gasteiger partial charge on any atom is 0.241 e. The Morgan fingerprint density at radius 2 is 1.63 bits per heavy atom. The number of hydrogen-bond donors (Lipinski definition) is 3. The molecule has 3 rings (SSSR count). The molecule has 0 spiro atoms. The number of carbonyl (C=O) groups is 2. The summed E-state index contributed by atoms with van der Waals surface area (Å²) in [4.78, 5) is 23.6. The maximum atomic E-state index is 12.6. The van der Waals surface area contributed by atoms with Gasteiger partial charge < -0.3 is 40.3 Å². The minimum atomic E-state index is -0.916. The smallest absolute Gasteiger partial charge is 0.241 e. The number of ether oxygens (including phenoxy) is 4. The van der Waals surface area contributed by atoms with E-state index in [0.717, 1.165) is 0 Å². The number of nitrogens with two attached hydrogens (primary N) is 2. The molecule has 1 unspecified atom stereocenters. The van der Waals surface area contributed by atoms with Crippen molar-refractivity contribution in [3.05, 3.63) is 36.6 Å². The zero-order valence-corrected chi connectivity index (χ0v) is 19.9. The van der Waals surface area contributed by atoms with E-state index in [4.69, 9.17) is 34.9 Å². The van der Waals surface area contributed by atoms with Crippen LogP contribution < -0.4 is 35.7 Å². The van der Waals surface area contributed by atoms with Gasteiger partial charge in [-0.25, -0.2) is 0 Å². The molecular weight excluding hydrogens is 456 g/mol. The molecule has 11 heteroatoms. The van der Waals surface area contributed by atoms with Crippen LogP contribution in [-0.4, -0.2) is 51.5 Å². The van der Waals surface area contributed by atoms with E-state index in [9.17, 15) is 9.59 Å². The fraction of sp³-hybridized carbons (Fsp3) is 0.292. The topological polar surface area (TPSA) is 161 Å². The van der Waals surface area contributed by atoms with Crippen LogP contribution in [0.25, 0.3) is 22.4 Å². The summed E-state index contributed by atoms with van der Waals surface area (Å²) in [5, 5.41) is 6.91. The minimum Gasteiger partial charge on any atom is -0.495 e. The van der Waals surface area contributed by atoms with Crippen molar-refractivity contribution in [2.45, 2.75) is 18.9 Å². The maximum absolute atomic E-state index is 12.6. The molecule has 0 saturated heterocycles. The van der Waals surface area contributed by atoms with Gasteiger partial charge in [0.1, 0.15) is 17.7 Å². The number of primary amides is 1. The molecule has 0 aliphatic rings. The van der Waals surface area contributed by atoms with E-state index in [2.05, 4.69) is 10.5 Å². The largest absolute Gasteiger partial charge is 0.495 e. The molecule has 1 heterocycles. The lowest BCUT2D eigenvalue weighted by Crippen LogP contribution is -2.36. The zero-order valence-electron chi connectivity index (χ0n) is 19.9. The van der Waals surface area contributed by atoms with Crippen molar-refractivity contribution in [1.29, 1.82) is 0 Å². The van der Waals surface area contributed by atoms with Gasteiger partial charge in [0.2, 0.25) is 17.6 Å². The summed E-state index contributed by atoms with van der Waals surface area (Å²) in [6.45, 7) is 0. The van der Waals surface area contributed by atoms with Gasteiger partial charge in [0, 0.05) is 17.5 Å². The van der Waals surface area contributed by atoms with Gasteiger partial charge in [-0.05, 0) is 36.2 Å².